The number of aliphatic hydroxyl groups is 2. The van der Waals surface area contributed by atoms with Crippen molar-refractivity contribution in [3.63, 3.8) is 0 Å². The molecular formula is C13H18O9. The lowest BCUT2D eigenvalue weighted by Crippen LogP contribution is -2.61. The zero-order valence-electron chi connectivity index (χ0n) is 12.3. The van der Waals surface area contributed by atoms with Gasteiger partial charge < -0.3 is 29.2 Å². The van der Waals surface area contributed by atoms with E-state index in [1.54, 1.807) is 0 Å². The van der Waals surface area contributed by atoms with Crippen molar-refractivity contribution in [3.05, 3.63) is 12.2 Å². The Labute approximate surface area is 126 Å². The summed E-state index contributed by atoms with van der Waals surface area (Å²) in [5, 5.41) is 19.9. The van der Waals surface area contributed by atoms with E-state index in [1.165, 1.54) is 6.92 Å². The minimum Gasteiger partial charge on any atom is -0.467 e. The molecule has 1 fully saturated rings. The second-order valence-corrected chi connectivity index (χ2v) is 4.69. The van der Waals surface area contributed by atoms with Gasteiger partial charge in [-0.1, -0.05) is 6.58 Å². The van der Waals surface area contributed by atoms with E-state index in [-0.39, 0.29) is 5.57 Å². The first kappa shape index (κ1) is 18.1. The Bertz CT molecular complexity index is 472. The van der Waals surface area contributed by atoms with Crippen molar-refractivity contribution >= 4 is 17.9 Å². The Balaban J connectivity index is 3.02. The minimum absolute atomic E-state index is 0.0282. The maximum Gasteiger partial charge on any atom is 0.337 e. The highest BCUT2D eigenvalue weighted by Gasteiger charge is 2.51. The Morgan fingerprint density at radius 1 is 1.09 bits per heavy atom. The Morgan fingerprint density at radius 2 is 1.68 bits per heavy atom. The number of hydrogen-bond acceptors (Lipinski definition) is 9. The molecule has 9 nitrogen and oxygen atoms in total. The van der Waals surface area contributed by atoms with Crippen LogP contribution in [0.25, 0.3) is 0 Å². The van der Waals surface area contributed by atoms with Crippen LogP contribution < -0.4 is 0 Å². The quantitative estimate of drug-likeness (QED) is 0.367. The average molecular weight is 318 g/mol. The van der Waals surface area contributed by atoms with Crippen molar-refractivity contribution < 1.29 is 43.5 Å². The molecule has 1 aliphatic rings. The van der Waals surface area contributed by atoms with Gasteiger partial charge in [0.1, 0.15) is 12.2 Å². The Hall–Kier alpha value is -1.97. The van der Waals surface area contributed by atoms with Crippen LogP contribution in [0.15, 0.2) is 12.2 Å². The number of aliphatic hydroxyl groups excluding tert-OH is 2. The summed E-state index contributed by atoms with van der Waals surface area (Å²) in [6.45, 7) is 5.80. The molecule has 5 unspecified atom stereocenters. The van der Waals surface area contributed by atoms with Gasteiger partial charge in [0.2, 0.25) is 6.29 Å². The maximum atomic E-state index is 11.6. The molecule has 1 aliphatic heterocycles. The molecule has 22 heavy (non-hydrogen) atoms. The van der Waals surface area contributed by atoms with Crippen LogP contribution in [0.5, 0.6) is 0 Å². The number of rotatable bonds is 4. The van der Waals surface area contributed by atoms with Crippen molar-refractivity contribution in [2.24, 2.45) is 0 Å². The second kappa shape index (κ2) is 7.34. The molecule has 5 atom stereocenters. The lowest BCUT2D eigenvalue weighted by Gasteiger charge is -2.40. The number of methoxy groups -OCH3 is 1. The van der Waals surface area contributed by atoms with Gasteiger partial charge >= 0.3 is 17.9 Å². The predicted octanol–water partition coefficient (Wildman–Crippen LogP) is -1.34. The van der Waals surface area contributed by atoms with Crippen LogP contribution in [-0.4, -0.2) is 65.9 Å². The first-order valence-corrected chi connectivity index (χ1v) is 6.32. The zero-order chi connectivity index (χ0) is 17.0. The van der Waals surface area contributed by atoms with E-state index in [0.29, 0.717) is 0 Å². The summed E-state index contributed by atoms with van der Waals surface area (Å²) >= 11 is 0. The third-order valence-electron chi connectivity index (χ3n) is 2.85. The summed E-state index contributed by atoms with van der Waals surface area (Å²) < 4.78 is 19.2. The number of ether oxygens (including phenoxy) is 4. The van der Waals surface area contributed by atoms with E-state index in [1.807, 2.05) is 0 Å². The van der Waals surface area contributed by atoms with Gasteiger partial charge in [-0.25, -0.2) is 9.59 Å². The normalized spacial score (nSPS) is 31.0. The molecule has 0 saturated carbocycles. The van der Waals surface area contributed by atoms with E-state index < -0.39 is 48.6 Å². The molecule has 9 heteroatoms. The number of carbonyl (C=O) groups excluding carboxylic acids is 3. The first-order valence-electron chi connectivity index (χ1n) is 6.32. The molecule has 124 valence electrons. The minimum atomic E-state index is -1.73. The summed E-state index contributed by atoms with van der Waals surface area (Å²) in [6, 6.07) is 0. The van der Waals surface area contributed by atoms with Crippen molar-refractivity contribution in [1.82, 2.24) is 0 Å². The van der Waals surface area contributed by atoms with Gasteiger partial charge in [-0.2, -0.15) is 0 Å². The lowest BCUT2D eigenvalue weighted by molar-refractivity contribution is -0.289. The Kier molecular flexibility index (Phi) is 6.03. The summed E-state index contributed by atoms with van der Waals surface area (Å²) in [6.07, 6.45) is -8.15. The highest BCUT2D eigenvalue weighted by Crippen LogP contribution is 2.26. The van der Waals surface area contributed by atoms with E-state index in [0.717, 1.165) is 14.0 Å². The van der Waals surface area contributed by atoms with Crippen LogP contribution in [0, 0.1) is 0 Å². The molecule has 0 aliphatic carbocycles. The lowest BCUT2D eigenvalue weighted by atomic mass is 9.98. The van der Waals surface area contributed by atoms with Crippen LogP contribution >= 0.6 is 0 Å². The molecule has 0 bridgehead atoms. The summed E-state index contributed by atoms with van der Waals surface area (Å²) in [5.74, 6) is -2.66. The SMILES string of the molecule is C=C(C)C(=O)OC1OC(C(=O)OC)C(O)C(O)C1OC(C)=O. The highest BCUT2D eigenvalue weighted by molar-refractivity contribution is 5.87. The van der Waals surface area contributed by atoms with Gasteiger partial charge in [0.05, 0.1) is 7.11 Å². The van der Waals surface area contributed by atoms with E-state index in [4.69, 9.17) is 14.2 Å². The highest BCUT2D eigenvalue weighted by atomic mass is 16.7. The van der Waals surface area contributed by atoms with E-state index in [2.05, 4.69) is 11.3 Å². The molecule has 0 aromatic rings. The number of esters is 3. The van der Waals surface area contributed by atoms with Crippen molar-refractivity contribution in [3.8, 4) is 0 Å². The molecule has 2 N–H and O–H groups in total. The molecule has 1 saturated heterocycles. The van der Waals surface area contributed by atoms with Gasteiger partial charge in [-0.15, -0.1) is 0 Å². The van der Waals surface area contributed by atoms with Gasteiger partial charge in [0, 0.05) is 12.5 Å². The first-order chi connectivity index (χ1) is 10.2. The second-order valence-electron chi connectivity index (χ2n) is 4.69. The average Bonchev–Trinajstić information content (AvgIpc) is 2.45. The number of carbonyl (C=O) groups is 3. The topological polar surface area (TPSA) is 129 Å². The van der Waals surface area contributed by atoms with Gasteiger partial charge in [-0.3, -0.25) is 4.79 Å². The van der Waals surface area contributed by atoms with Crippen LogP contribution in [0.4, 0.5) is 0 Å². The molecule has 1 rings (SSSR count). The fourth-order valence-electron chi connectivity index (χ4n) is 1.77. The molecule has 0 spiro atoms. The van der Waals surface area contributed by atoms with Crippen molar-refractivity contribution in [2.45, 2.75) is 44.6 Å². The smallest absolute Gasteiger partial charge is 0.337 e. The summed E-state index contributed by atoms with van der Waals surface area (Å²) in [7, 11) is 1.05. The van der Waals surface area contributed by atoms with E-state index in [9.17, 15) is 24.6 Å². The van der Waals surface area contributed by atoms with Crippen LogP contribution in [0.2, 0.25) is 0 Å². The van der Waals surface area contributed by atoms with Crippen molar-refractivity contribution in [1.29, 1.82) is 0 Å². The van der Waals surface area contributed by atoms with Crippen molar-refractivity contribution in [2.75, 3.05) is 7.11 Å². The monoisotopic (exact) mass is 318 g/mol. The maximum absolute atomic E-state index is 11.6. The number of hydrogen-bond donors (Lipinski definition) is 2. The van der Waals surface area contributed by atoms with Gasteiger partial charge in [0.15, 0.2) is 12.2 Å². The molecule has 0 aromatic carbocycles. The van der Waals surface area contributed by atoms with E-state index >= 15 is 0 Å². The van der Waals surface area contributed by atoms with Crippen LogP contribution in [-0.2, 0) is 33.3 Å². The van der Waals surface area contributed by atoms with Crippen LogP contribution in [0.1, 0.15) is 13.8 Å². The standard InChI is InChI=1S/C13H18O9/c1-5(2)11(17)22-13-10(20-6(3)14)8(16)7(15)9(21-13)12(18)19-4/h7-10,13,15-16H,1H2,2-4H3. The summed E-state index contributed by atoms with van der Waals surface area (Å²) in [5.41, 5.74) is 0.0282. The predicted molar refractivity (Wildman–Crippen MR) is 69.2 cm³/mol. The molecule has 0 radical (unpaired) electrons. The van der Waals surface area contributed by atoms with Crippen LogP contribution in [0.3, 0.4) is 0 Å². The fourth-order valence-corrected chi connectivity index (χ4v) is 1.77. The molecule has 0 amide bonds. The third-order valence-corrected chi connectivity index (χ3v) is 2.85. The molecule has 0 aromatic heterocycles. The van der Waals surface area contributed by atoms with Gasteiger partial charge in [-0.05, 0) is 6.92 Å². The third kappa shape index (κ3) is 4.03. The van der Waals surface area contributed by atoms with Gasteiger partial charge in [0.25, 0.3) is 0 Å². The zero-order valence-corrected chi connectivity index (χ0v) is 12.3. The largest absolute Gasteiger partial charge is 0.467 e. The fraction of sp³-hybridized carbons (Fsp3) is 0.615. The molecule has 1 heterocycles. The molecular weight excluding hydrogens is 300 g/mol. The summed E-state index contributed by atoms with van der Waals surface area (Å²) in [4.78, 5) is 34.2. The Morgan fingerprint density at radius 3 is 2.14 bits per heavy atom.